The fraction of sp³-hybridized carbons (Fsp3) is 0.333. The number of hydrogen-bond donors (Lipinski definition) is 0. The van der Waals surface area contributed by atoms with Crippen molar-refractivity contribution < 1.29 is 17.5 Å². The molecule has 0 aliphatic carbocycles. The Hall–Kier alpha value is -2.00. The van der Waals surface area contributed by atoms with Gasteiger partial charge in [-0.2, -0.15) is 4.31 Å². The maximum atomic E-state index is 12.7. The van der Waals surface area contributed by atoms with Crippen LogP contribution in [0.5, 0.6) is 5.75 Å². The highest BCUT2D eigenvalue weighted by Crippen LogP contribution is 2.13. The van der Waals surface area contributed by atoms with Crippen molar-refractivity contribution in [2.75, 3.05) is 20.2 Å². The van der Waals surface area contributed by atoms with E-state index in [0.29, 0.717) is 5.75 Å². The van der Waals surface area contributed by atoms with Crippen LogP contribution in [0.15, 0.2) is 35.5 Å². The van der Waals surface area contributed by atoms with Gasteiger partial charge in [0, 0.05) is 20.6 Å². The molecule has 2 rings (SSSR count). The normalized spacial score (nSPS) is 11.8. The summed E-state index contributed by atoms with van der Waals surface area (Å²) in [4.78, 5) is 0. The van der Waals surface area contributed by atoms with Gasteiger partial charge < -0.3 is 4.74 Å². The summed E-state index contributed by atoms with van der Waals surface area (Å²) in [5.41, 5.74) is 0. The number of aromatic nitrogens is 3. The van der Waals surface area contributed by atoms with Crippen molar-refractivity contribution in [1.82, 2.24) is 19.3 Å². The Morgan fingerprint density at radius 2 is 2.00 bits per heavy atom. The average molecular weight is 314 g/mol. The molecule has 2 aromatic rings. The maximum Gasteiger partial charge on any atom is 0.261 e. The van der Waals surface area contributed by atoms with Crippen LogP contribution in [-0.4, -0.2) is 47.9 Å². The predicted octanol–water partition coefficient (Wildman–Crippen LogP) is 0.654. The van der Waals surface area contributed by atoms with Gasteiger partial charge in [0.1, 0.15) is 18.2 Å². The summed E-state index contributed by atoms with van der Waals surface area (Å²) < 4.78 is 44.9. The number of benzene rings is 1. The molecule has 0 spiro atoms. The van der Waals surface area contributed by atoms with E-state index < -0.39 is 10.0 Å². The number of hydrogen-bond acceptors (Lipinski definition) is 5. The summed E-state index contributed by atoms with van der Waals surface area (Å²) >= 11 is 0. The minimum Gasteiger partial charge on any atom is -0.492 e. The Morgan fingerprint density at radius 3 is 2.57 bits per heavy atom. The Bertz CT molecular complexity index is 700. The largest absolute Gasteiger partial charge is 0.492 e. The molecule has 0 unspecified atom stereocenters. The Labute approximate surface area is 122 Å². The quantitative estimate of drug-likeness (QED) is 0.782. The minimum absolute atomic E-state index is 0.00628. The van der Waals surface area contributed by atoms with Crippen molar-refractivity contribution in [3.63, 3.8) is 0 Å². The van der Waals surface area contributed by atoms with Crippen LogP contribution in [0.25, 0.3) is 0 Å². The van der Waals surface area contributed by atoms with Gasteiger partial charge in [0.15, 0.2) is 5.03 Å². The van der Waals surface area contributed by atoms with Gasteiger partial charge in [0.2, 0.25) is 0 Å². The van der Waals surface area contributed by atoms with E-state index in [1.807, 2.05) is 0 Å². The molecule has 0 saturated heterocycles. The number of nitrogens with zero attached hydrogens (tertiary/aromatic N) is 4. The molecule has 0 radical (unpaired) electrons. The van der Waals surface area contributed by atoms with Crippen molar-refractivity contribution in [3.05, 3.63) is 36.3 Å². The van der Waals surface area contributed by atoms with Gasteiger partial charge in [0.25, 0.3) is 10.0 Å². The van der Waals surface area contributed by atoms with Crippen molar-refractivity contribution >= 4 is 10.0 Å². The monoisotopic (exact) mass is 314 g/mol. The van der Waals surface area contributed by atoms with Crippen LogP contribution in [0.3, 0.4) is 0 Å². The fourth-order valence-electron chi connectivity index (χ4n) is 1.62. The Balaban J connectivity index is 1.94. The second-order valence-electron chi connectivity index (χ2n) is 4.32. The van der Waals surface area contributed by atoms with E-state index in [9.17, 15) is 12.8 Å². The highest BCUT2D eigenvalue weighted by Gasteiger charge is 2.24. The number of halogens is 1. The SMILES string of the molecule is CN(CCOc1ccc(F)cc1)S(=O)(=O)c1cnnn1C. The van der Waals surface area contributed by atoms with E-state index in [0.717, 1.165) is 4.31 Å². The summed E-state index contributed by atoms with van der Waals surface area (Å²) in [5, 5.41) is 7.15. The van der Waals surface area contributed by atoms with Crippen molar-refractivity contribution in [2.24, 2.45) is 7.05 Å². The number of aryl methyl sites for hydroxylation is 1. The third-order valence-corrected chi connectivity index (χ3v) is 4.74. The molecule has 0 bridgehead atoms. The van der Waals surface area contributed by atoms with Crippen LogP contribution in [0.4, 0.5) is 4.39 Å². The van der Waals surface area contributed by atoms with E-state index >= 15 is 0 Å². The highest BCUT2D eigenvalue weighted by molar-refractivity contribution is 7.89. The number of rotatable bonds is 6. The first kappa shape index (κ1) is 15.4. The molecular weight excluding hydrogens is 299 g/mol. The van der Waals surface area contributed by atoms with E-state index in [4.69, 9.17) is 4.74 Å². The molecule has 1 aromatic carbocycles. The standard InChI is InChI=1S/C12H15FN4O3S/c1-16(21(18,19)12-9-14-15-17(12)2)7-8-20-11-5-3-10(13)4-6-11/h3-6,9H,7-8H2,1-2H3. The first-order valence-corrected chi connectivity index (χ1v) is 7.54. The first-order valence-electron chi connectivity index (χ1n) is 6.10. The van der Waals surface area contributed by atoms with E-state index in [1.165, 1.54) is 49.2 Å². The Morgan fingerprint density at radius 1 is 1.33 bits per heavy atom. The van der Waals surface area contributed by atoms with Crippen LogP contribution < -0.4 is 4.74 Å². The van der Waals surface area contributed by atoms with Crippen LogP contribution in [-0.2, 0) is 17.1 Å². The van der Waals surface area contributed by atoms with E-state index in [2.05, 4.69) is 10.3 Å². The van der Waals surface area contributed by atoms with Gasteiger partial charge in [-0.15, -0.1) is 5.10 Å². The average Bonchev–Trinajstić information content (AvgIpc) is 2.88. The zero-order valence-corrected chi connectivity index (χ0v) is 12.4. The predicted molar refractivity (Wildman–Crippen MR) is 72.7 cm³/mol. The zero-order chi connectivity index (χ0) is 15.5. The molecule has 0 N–H and O–H groups in total. The summed E-state index contributed by atoms with van der Waals surface area (Å²) in [6.07, 6.45) is 1.19. The molecule has 0 amide bonds. The van der Waals surface area contributed by atoms with Crippen LogP contribution in [0, 0.1) is 5.82 Å². The number of ether oxygens (including phenoxy) is 1. The third kappa shape index (κ3) is 3.56. The second kappa shape index (κ2) is 6.19. The highest BCUT2D eigenvalue weighted by atomic mass is 32.2. The molecule has 21 heavy (non-hydrogen) atoms. The van der Waals surface area contributed by atoms with Crippen LogP contribution in [0.2, 0.25) is 0 Å². The number of likely N-dealkylation sites (N-methyl/N-ethyl adjacent to an activating group) is 1. The molecule has 9 heteroatoms. The van der Waals surface area contributed by atoms with E-state index in [1.54, 1.807) is 0 Å². The molecule has 114 valence electrons. The lowest BCUT2D eigenvalue weighted by Crippen LogP contribution is -2.32. The van der Waals surface area contributed by atoms with Gasteiger partial charge in [-0.05, 0) is 24.3 Å². The second-order valence-corrected chi connectivity index (χ2v) is 6.32. The molecule has 0 saturated carbocycles. The zero-order valence-electron chi connectivity index (χ0n) is 11.6. The van der Waals surface area contributed by atoms with Crippen molar-refractivity contribution in [2.45, 2.75) is 5.03 Å². The van der Waals surface area contributed by atoms with Crippen molar-refractivity contribution in [3.8, 4) is 5.75 Å². The summed E-state index contributed by atoms with van der Waals surface area (Å²) in [6, 6.07) is 5.51. The molecule has 7 nitrogen and oxygen atoms in total. The van der Waals surface area contributed by atoms with Crippen LogP contribution in [0.1, 0.15) is 0 Å². The lowest BCUT2D eigenvalue weighted by atomic mass is 10.3. The third-order valence-electron chi connectivity index (χ3n) is 2.84. The fourth-order valence-corrected chi connectivity index (χ4v) is 2.80. The van der Waals surface area contributed by atoms with E-state index in [-0.39, 0.29) is 24.0 Å². The van der Waals surface area contributed by atoms with Gasteiger partial charge in [-0.1, -0.05) is 5.21 Å². The molecule has 1 aromatic heterocycles. The summed E-state index contributed by atoms with van der Waals surface area (Å²) in [5.74, 6) is 0.121. The van der Waals surface area contributed by atoms with Gasteiger partial charge >= 0.3 is 0 Å². The van der Waals surface area contributed by atoms with Gasteiger partial charge in [-0.25, -0.2) is 17.5 Å². The first-order chi connectivity index (χ1) is 9.91. The smallest absolute Gasteiger partial charge is 0.261 e. The van der Waals surface area contributed by atoms with Gasteiger partial charge in [0.05, 0.1) is 6.20 Å². The minimum atomic E-state index is -3.66. The molecule has 1 heterocycles. The van der Waals surface area contributed by atoms with Crippen LogP contribution >= 0.6 is 0 Å². The Kier molecular flexibility index (Phi) is 4.53. The molecular formula is C12H15FN4O3S. The number of sulfonamides is 1. The molecule has 0 aliphatic heterocycles. The van der Waals surface area contributed by atoms with Crippen molar-refractivity contribution in [1.29, 1.82) is 0 Å². The van der Waals surface area contributed by atoms with Gasteiger partial charge in [-0.3, -0.25) is 0 Å². The topological polar surface area (TPSA) is 77.3 Å². The molecule has 0 aliphatic rings. The maximum absolute atomic E-state index is 12.7. The lowest BCUT2D eigenvalue weighted by molar-refractivity contribution is 0.286. The summed E-state index contributed by atoms with van der Waals surface area (Å²) in [6.45, 7) is 0.289. The molecule has 0 fully saturated rings. The molecule has 0 atom stereocenters. The summed E-state index contributed by atoms with van der Waals surface area (Å²) in [7, 11) is -0.713. The lowest BCUT2D eigenvalue weighted by Gasteiger charge is -2.16.